The Morgan fingerprint density at radius 1 is 1.03 bits per heavy atom. The van der Waals surface area contributed by atoms with Gasteiger partial charge in [0.25, 0.3) is 0 Å². The molecule has 10 nitrogen and oxygen atoms in total. The lowest BCUT2D eigenvalue weighted by atomic mass is 10.2. The number of fused-ring (bicyclic) bond motifs is 1. The highest BCUT2D eigenvalue weighted by atomic mass is 32.1. The first kappa shape index (κ1) is 21.2. The minimum Gasteiger partial charge on any atom is -0.493 e. The van der Waals surface area contributed by atoms with Crippen molar-refractivity contribution in [2.24, 2.45) is 0 Å². The molecule has 0 atom stereocenters. The second-order valence-electron chi connectivity index (χ2n) is 6.01. The van der Waals surface area contributed by atoms with Gasteiger partial charge in [0.05, 0.1) is 39.4 Å². The van der Waals surface area contributed by atoms with Gasteiger partial charge in [-0.3, -0.25) is 4.31 Å². The van der Waals surface area contributed by atoms with E-state index in [1.54, 1.807) is 45.7 Å². The summed E-state index contributed by atoms with van der Waals surface area (Å²) in [6.45, 7) is 2.28. The van der Waals surface area contributed by atoms with E-state index in [2.05, 4.69) is 38.4 Å². The molecule has 2 amide bonds. The molecule has 0 radical (unpaired) electrons. The first-order valence-corrected chi connectivity index (χ1v) is 9.36. The number of pyridine rings is 1. The molecule has 2 heterocycles. The number of ether oxygens (including phenoxy) is 3. The molecule has 0 spiro atoms. The van der Waals surface area contributed by atoms with Crippen LogP contribution in [0.3, 0.4) is 0 Å². The molecule has 2 N–H and O–H groups in total. The zero-order valence-corrected chi connectivity index (χ0v) is 17.9. The highest BCUT2D eigenvalue weighted by molar-refractivity contribution is 7.78. The van der Waals surface area contributed by atoms with Crippen LogP contribution in [0, 0.1) is 0 Å². The molecule has 0 saturated heterocycles. The van der Waals surface area contributed by atoms with Gasteiger partial charge in [0.15, 0.2) is 23.0 Å². The van der Waals surface area contributed by atoms with Crippen LogP contribution in [-0.4, -0.2) is 53.2 Å². The SMILES string of the molecule is CCN(S)C(=O)Nc1cnc2nc(Nc3cc(OC)c(OC)c(OC)c3)cnc2c1. The number of nitrogens with one attached hydrogen (secondary N) is 2. The van der Waals surface area contributed by atoms with Crippen LogP contribution in [0.5, 0.6) is 17.2 Å². The number of thiol groups is 1. The van der Waals surface area contributed by atoms with Crippen LogP contribution in [0.1, 0.15) is 6.92 Å². The fourth-order valence-corrected chi connectivity index (χ4v) is 2.71. The maximum atomic E-state index is 11.9. The van der Waals surface area contributed by atoms with Crippen molar-refractivity contribution in [2.45, 2.75) is 6.92 Å². The summed E-state index contributed by atoms with van der Waals surface area (Å²) >= 11 is 4.07. The Hall–Kier alpha value is -3.47. The van der Waals surface area contributed by atoms with E-state index in [-0.39, 0.29) is 6.03 Å². The number of nitrogens with zero attached hydrogens (tertiary/aromatic N) is 4. The van der Waals surface area contributed by atoms with Crippen molar-refractivity contribution in [3.05, 3.63) is 30.6 Å². The summed E-state index contributed by atoms with van der Waals surface area (Å²) < 4.78 is 17.3. The highest BCUT2D eigenvalue weighted by Gasteiger charge is 2.14. The van der Waals surface area contributed by atoms with Crippen molar-refractivity contribution in [1.82, 2.24) is 19.3 Å². The van der Waals surface area contributed by atoms with E-state index < -0.39 is 0 Å². The van der Waals surface area contributed by atoms with Crippen LogP contribution in [0.25, 0.3) is 11.2 Å². The topological polar surface area (TPSA) is 111 Å². The molecule has 3 rings (SSSR count). The molecular weight excluding hydrogens is 408 g/mol. The van der Waals surface area contributed by atoms with Crippen molar-refractivity contribution in [1.29, 1.82) is 0 Å². The highest BCUT2D eigenvalue weighted by Crippen LogP contribution is 2.40. The van der Waals surface area contributed by atoms with E-state index in [1.165, 1.54) is 10.5 Å². The van der Waals surface area contributed by atoms with Crippen molar-refractivity contribution in [2.75, 3.05) is 38.5 Å². The fourth-order valence-electron chi connectivity index (χ4n) is 2.66. The molecular formula is C19H22N6O4S. The van der Waals surface area contributed by atoms with Crippen LogP contribution in [0.4, 0.5) is 22.0 Å². The molecule has 2 aromatic heterocycles. The molecule has 0 aliphatic heterocycles. The second-order valence-corrected chi connectivity index (χ2v) is 6.49. The van der Waals surface area contributed by atoms with E-state index in [0.717, 1.165) is 0 Å². The number of carbonyl (C=O) groups is 1. The lowest BCUT2D eigenvalue weighted by Crippen LogP contribution is -2.26. The van der Waals surface area contributed by atoms with Crippen molar-refractivity contribution >= 4 is 47.2 Å². The Balaban J connectivity index is 1.84. The molecule has 1 aromatic carbocycles. The summed E-state index contributed by atoms with van der Waals surface area (Å²) in [6.07, 6.45) is 3.07. The Bertz CT molecular complexity index is 1040. The predicted octanol–water partition coefficient (Wildman–Crippen LogP) is 3.49. The number of urea groups is 1. The van der Waals surface area contributed by atoms with Crippen LogP contribution in [0.2, 0.25) is 0 Å². The third-order valence-electron chi connectivity index (χ3n) is 4.12. The van der Waals surface area contributed by atoms with Crippen LogP contribution >= 0.6 is 12.8 Å². The van der Waals surface area contributed by atoms with E-state index in [1.807, 2.05) is 6.92 Å². The van der Waals surface area contributed by atoms with Gasteiger partial charge in [-0.2, -0.15) is 0 Å². The Morgan fingerprint density at radius 3 is 2.33 bits per heavy atom. The largest absolute Gasteiger partial charge is 0.493 e. The van der Waals surface area contributed by atoms with E-state index in [9.17, 15) is 4.79 Å². The standard InChI is InChI=1S/C19H22N6O4S/c1-5-25(30)19(26)23-12-6-13-18(21-9-12)24-16(10-20-13)22-11-7-14(27-2)17(29-4)15(8-11)28-3/h6-10,30H,5H2,1-4H3,(H,23,26)(H,21,22,24). The number of anilines is 3. The minimum absolute atomic E-state index is 0.351. The Morgan fingerprint density at radius 2 is 1.73 bits per heavy atom. The second kappa shape index (κ2) is 9.35. The summed E-state index contributed by atoms with van der Waals surface area (Å²) in [6, 6.07) is 4.86. The molecule has 0 aliphatic rings. The number of aromatic nitrogens is 3. The van der Waals surface area contributed by atoms with Crippen LogP contribution < -0.4 is 24.8 Å². The van der Waals surface area contributed by atoms with Gasteiger partial charge in [0.2, 0.25) is 5.75 Å². The van der Waals surface area contributed by atoms with Crippen LogP contribution in [-0.2, 0) is 0 Å². The molecule has 158 valence electrons. The number of hydrogen-bond acceptors (Lipinski definition) is 9. The molecule has 0 unspecified atom stereocenters. The zero-order chi connectivity index (χ0) is 21.7. The van der Waals surface area contributed by atoms with Gasteiger partial charge >= 0.3 is 6.03 Å². The van der Waals surface area contributed by atoms with Gasteiger partial charge in [0.1, 0.15) is 5.52 Å². The molecule has 3 aromatic rings. The zero-order valence-electron chi connectivity index (χ0n) is 17.0. The van der Waals surface area contributed by atoms with Crippen LogP contribution in [0.15, 0.2) is 30.6 Å². The summed E-state index contributed by atoms with van der Waals surface area (Å²) in [5.41, 5.74) is 2.13. The van der Waals surface area contributed by atoms with Gasteiger partial charge in [-0.1, -0.05) is 12.8 Å². The number of methoxy groups -OCH3 is 3. The Labute approximate surface area is 179 Å². The molecule has 11 heteroatoms. The smallest absolute Gasteiger partial charge is 0.331 e. The summed E-state index contributed by atoms with van der Waals surface area (Å²) in [7, 11) is 4.63. The van der Waals surface area contributed by atoms with Crippen molar-refractivity contribution in [3.8, 4) is 17.2 Å². The average Bonchev–Trinajstić information content (AvgIpc) is 2.77. The molecule has 30 heavy (non-hydrogen) atoms. The van der Waals surface area contributed by atoms with Gasteiger partial charge in [0, 0.05) is 24.4 Å². The Kier molecular flexibility index (Phi) is 6.62. The number of benzene rings is 1. The van der Waals surface area contributed by atoms with E-state index in [0.29, 0.717) is 52.1 Å². The predicted molar refractivity (Wildman–Crippen MR) is 117 cm³/mol. The van der Waals surface area contributed by atoms with Gasteiger partial charge in [-0.25, -0.2) is 19.7 Å². The number of carbonyl (C=O) groups excluding carboxylic acids is 1. The molecule has 0 bridgehead atoms. The van der Waals surface area contributed by atoms with Gasteiger partial charge in [-0.05, 0) is 13.0 Å². The average molecular weight is 430 g/mol. The minimum atomic E-state index is -0.351. The normalized spacial score (nSPS) is 10.4. The number of rotatable bonds is 7. The number of amides is 2. The monoisotopic (exact) mass is 430 g/mol. The van der Waals surface area contributed by atoms with E-state index >= 15 is 0 Å². The third kappa shape index (κ3) is 4.57. The summed E-state index contributed by atoms with van der Waals surface area (Å²) in [4.78, 5) is 25.0. The van der Waals surface area contributed by atoms with Gasteiger partial charge in [-0.15, -0.1) is 0 Å². The quantitative estimate of drug-likeness (QED) is 0.489. The fraction of sp³-hybridized carbons (Fsp3) is 0.263. The molecule has 0 saturated carbocycles. The lowest BCUT2D eigenvalue weighted by Gasteiger charge is -2.15. The lowest BCUT2D eigenvalue weighted by molar-refractivity contribution is 0.240. The first-order chi connectivity index (χ1) is 14.5. The molecule has 0 aliphatic carbocycles. The summed E-state index contributed by atoms with van der Waals surface area (Å²) in [5, 5.41) is 5.85. The number of hydrogen-bond donors (Lipinski definition) is 3. The first-order valence-electron chi connectivity index (χ1n) is 8.96. The third-order valence-corrected chi connectivity index (χ3v) is 4.59. The van der Waals surface area contributed by atoms with E-state index in [4.69, 9.17) is 14.2 Å². The molecule has 0 fully saturated rings. The van der Waals surface area contributed by atoms with Gasteiger partial charge < -0.3 is 24.8 Å². The maximum absolute atomic E-state index is 11.9. The van der Waals surface area contributed by atoms with Crippen molar-refractivity contribution in [3.63, 3.8) is 0 Å². The summed E-state index contributed by atoms with van der Waals surface area (Å²) in [5.74, 6) is 2.00. The maximum Gasteiger partial charge on any atom is 0.331 e. The van der Waals surface area contributed by atoms with Crippen molar-refractivity contribution < 1.29 is 19.0 Å².